The number of aromatic nitrogens is 3. The highest BCUT2D eigenvalue weighted by molar-refractivity contribution is 8.00. The minimum absolute atomic E-state index is 0.0746. The van der Waals surface area contributed by atoms with Crippen LogP contribution < -0.4 is 0 Å². The second-order valence-electron chi connectivity index (χ2n) is 6.15. The number of rotatable bonds is 5. The van der Waals surface area contributed by atoms with Crippen LogP contribution in [0.1, 0.15) is 10.8 Å². The van der Waals surface area contributed by atoms with Gasteiger partial charge in [-0.15, -0.1) is 5.10 Å². The zero-order valence-electron chi connectivity index (χ0n) is 14.8. The van der Waals surface area contributed by atoms with Crippen molar-refractivity contribution in [2.24, 2.45) is 0 Å². The second-order valence-corrected chi connectivity index (χ2v) is 7.23. The van der Waals surface area contributed by atoms with E-state index in [9.17, 15) is 4.79 Å². The average Bonchev–Trinajstić information content (AvgIpc) is 3.22. The molecule has 1 aliphatic rings. The van der Waals surface area contributed by atoms with Crippen molar-refractivity contribution in [3.05, 3.63) is 72.6 Å². The first-order valence-corrected chi connectivity index (χ1v) is 9.74. The topological polar surface area (TPSA) is 60.2 Å². The van der Waals surface area contributed by atoms with Crippen molar-refractivity contribution < 1.29 is 9.53 Å². The van der Waals surface area contributed by atoms with Gasteiger partial charge in [0.15, 0.2) is 0 Å². The highest BCUT2D eigenvalue weighted by Crippen LogP contribution is 2.35. The van der Waals surface area contributed by atoms with Gasteiger partial charge in [0.1, 0.15) is 11.6 Å². The Morgan fingerprint density at radius 1 is 1.00 bits per heavy atom. The van der Waals surface area contributed by atoms with Crippen molar-refractivity contribution in [3.8, 4) is 5.69 Å². The molecule has 2 aromatic carbocycles. The lowest BCUT2D eigenvalue weighted by Gasteiger charge is -2.30. The molecule has 1 aromatic heterocycles. The second kappa shape index (κ2) is 8.37. The van der Waals surface area contributed by atoms with Gasteiger partial charge in [-0.05, 0) is 17.7 Å². The normalized spacial score (nSPS) is 15.5. The lowest BCUT2D eigenvalue weighted by molar-refractivity contribution is -0.134. The molecule has 27 heavy (non-hydrogen) atoms. The Hall–Kier alpha value is -2.64. The molecule has 4 rings (SSSR count). The number of para-hydroxylation sites is 1. The van der Waals surface area contributed by atoms with Crippen LogP contribution in [0, 0.1) is 0 Å². The summed E-state index contributed by atoms with van der Waals surface area (Å²) in [6.45, 7) is 2.40. The van der Waals surface area contributed by atoms with Gasteiger partial charge < -0.3 is 9.64 Å². The molecule has 1 atom stereocenters. The van der Waals surface area contributed by atoms with E-state index in [-0.39, 0.29) is 11.2 Å². The van der Waals surface area contributed by atoms with Gasteiger partial charge in [0.25, 0.3) is 0 Å². The third-order valence-electron chi connectivity index (χ3n) is 4.36. The van der Waals surface area contributed by atoms with Crippen molar-refractivity contribution in [2.45, 2.75) is 10.4 Å². The molecule has 138 valence electrons. The molecule has 3 aromatic rings. The maximum Gasteiger partial charge on any atom is 0.240 e. The van der Waals surface area contributed by atoms with E-state index in [4.69, 9.17) is 4.74 Å². The van der Waals surface area contributed by atoms with E-state index < -0.39 is 0 Å². The number of thioether (sulfide) groups is 1. The number of carbonyl (C=O) groups excluding carboxylic acids is 1. The molecule has 0 N–H and O–H groups in total. The standard InChI is InChI=1S/C20H20N4O2S/c25-19(23-11-13-26-14-12-23)18(16-7-3-1-4-8-16)27-20-21-15-24(22-20)17-9-5-2-6-10-17/h1-10,15,18H,11-14H2. The number of nitrogens with zero attached hydrogens (tertiary/aromatic N) is 4. The lowest BCUT2D eigenvalue weighted by atomic mass is 10.1. The Labute approximate surface area is 162 Å². The van der Waals surface area contributed by atoms with E-state index in [1.165, 1.54) is 11.8 Å². The SMILES string of the molecule is O=C(C(Sc1ncn(-c2ccccc2)n1)c1ccccc1)N1CCOCC1. The first-order valence-electron chi connectivity index (χ1n) is 8.86. The minimum Gasteiger partial charge on any atom is -0.378 e. The summed E-state index contributed by atoms with van der Waals surface area (Å²) in [6, 6.07) is 19.6. The Bertz CT molecular complexity index is 879. The number of carbonyl (C=O) groups is 1. The smallest absolute Gasteiger partial charge is 0.240 e. The predicted octanol–water partition coefficient (Wildman–Crippen LogP) is 2.96. The molecule has 1 saturated heterocycles. The van der Waals surface area contributed by atoms with Crippen LogP contribution >= 0.6 is 11.8 Å². The van der Waals surface area contributed by atoms with Crippen LogP contribution in [0.25, 0.3) is 5.69 Å². The monoisotopic (exact) mass is 380 g/mol. The zero-order chi connectivity index (χ0) is 18.5. The quantitative estimate of drug-likeness (QED) is 0.637. The molecule has 0 saturated carbocycles. The Morgan fingerprint density at radius 3 is 2.37 bits per heavy atom. The highest BCUT2D eigenvalue weighted by Gasteiger charge is 2.29. The first kappa shape index (κ1) is 17.8. The maximum atomic E-state index is 13.2. The van der Waals surface area contributed by atoms with Gasteiger partial charge in [-0.3, -0.25) is 4.79 Å². The summed E-state index contributed by atoms with van der Waals surface area (Å²) < 4.78 is 7.10. The Kier molecular flexibility index (Phi) is 5.50. The summed E-state index contributed by atoms with van der Waals surface area (Å²) >= 11 is 1.38. The first-order chi connectivity index (χ1) is 13.3. The molecule has 2 heterocycles. The van der Waals surface area contributed by atoms with Crippen LogP contribution in [0.15, 0.2) is 72.1 Å². The third-order valence-corrected chi connectivity index (χ3v) is 5.47. The summed E-state index contributed by atoms with van der Waals surface area (Å²) in [6.07, 6.45) is 1.68. The van der Waals surface area contributed by atoms with Crippen LogP contribution in [0.3, 0.4) is 0 Å². The largest absolute Gasteiger partial charge is 0.378 e. The van der Waals surface area contributed by atoms with Crippen LogP contribution in [0.2, 0.25) is 0 Å². The lowest BCUT2D eigenvalue weighted by Crippen LogP contribution is -2.42. The summed E-state index contributed by atoms with van der Waals surface area (Å²) in [5.74, 6) is 0.0746. The van der Waals surface area contributed by atoms with E-state index in [1.54, 1.807) is 11.0 Å². The van der Waals surface area contributed by atoms with Gasteiger partial charge >= 0.3 is 0 Å². The summed E-state index contributed by atoms with van der Waals surface area (Å²) in [5, 5.41) is 4.75. The van der Waals surface area contributed by atoms with E-state index in [0.717, 1.165) is 11.3 Å². The van der Waals surface area contributed by atoms with Crippen molar-refractivity contribution in [1.29, 1.82) is 0 Å². The van der Waals surface area contributed by atoms with Crippen molar-refractivity contribution in [3.63, 3.8) is 0 Å². The fourth-order valence-electron chi connectivity index (χ4n) is 2.95. The van der Waals surface area contributed by atoms with E-state index in [1.807, 2.05) is 65.6 Å². The molecular weight excluding hydrogens is 360 g/mol. The highest BCUT2D eigenvalue weighted by atomic mass is 32.2. The maximum absolute atomic E-state index is 13.2. The molecule has 0 spiro atoms. The molecular formula is C20H20N4O2S. The van der Waals surface area contributed by atoms with Gasteiger partial charge in [0.2, 0.25) is 11.1 Å². The van der Waals surface area contributed by atoms with Crippen LogP contribution in [0.5, 0.6) is 0 Å². The summed E-state index contributed by atoms with van der Waals surface area (Å²) in [4.78, 5) is 19.4. The van der Waals surface area contributed by atoms with Gasteiger partial charge in [0.05, 0.1) is 18.9 Å². The molecule has 6 nitrogen and oxygen atoms in total. The Morgan fingerprint density at radius 2 is 1.67 bits per heavy atom. The molecule has 1 amide bonds. The molecule has 0 radical (unpaired) electrons. The molecule has 1 aliphatic heterocycles. The average molecular weight is 380 g/mol. The minimum atomic E-state index is -0.379. The van der Waals surface area contributed by atoms with Crippen molar-refractivity contribution >= 4 is 17.7 Å². The molecule has 7 heteroatoms. The third kappa shape index (κ3) is 4.20. The van der Waals surface area contributed by atoms with Crippen molar-refractivity contribution in [2.75, 3.05) is 26.3 Å². The Balaban J connectivity index is 1.58. The predicted molar refractivity (Wildman–Crippen MR) is 104 cm³/mol. The number of ether oxygens (including phenoxy) is 1. The fraction of sp³-hybridized carbons (Fsp3) is 0.250. The number of benzene rings is 2. The van der Waals surface area contributed by atoms with Gasteiger partial charge in [-0.1, -0.05) is 60.3 Å². The van der Waals surface area contributed by atoms with E-state index in [0.29, 0.717) is 31.5 Å². The zero-order valence-corrected chi connectivity index (χ0v) is 15.6. The van der Waals surface area contributed by atoms with Crippen LogP contribution in [-0.4, -0.2) is 51.9 Å². The molecule has 0 aliphatic carbocycles. The molecule has 1 fully saturated rings. The number of hydrogen-bond donors (Lipinski definition) is 0. The molecule has 1 unspecified atom stereocenters. The summed E-state index contributed by atoms with van der Waals surface area (Å²) in [7, 11) is 0. The van der Waals surface area contributed by atoms with Gasteiger partial charge in [-0.25, -0.2) is 9.67 Å². The summed E-state index contributed by atoms with van der Waals surface area (Å²) in [5.41, 5.74) is 1.89. The van der Waals surface area contributed by atoms with Crippen LogP contribution in [0.4, 0.5) is 0 Å². The van der Waals surface area contributed by atoms with Gasteiger partial charge in [0, 0.05) is 13.1 Å². The van der Waals surface area contributed by atoms with Gasteiger partial charge in [-0.2, -0.15) is 0 Å². The van der Waals surface area contributed by atoms with E-state index in [2.05, 4.69) is 10.1 Å². The molecule has 0 bridgehead atoms. The van der Waals surface area contributed by atoms with Crippen LogP contribution in [-0.2, 0) is 9.53 Å². The fourth-order valence-corrected chi connectivity index (χ4v) is 3.95. The number of amides is 1. The van der Waals surface area contributed by atoms with E-state index >= 15 is 0 Å². The number of morpholine rings is 1. The number of hydrogen-bond acceptors (Lipinski definition) is 5. The van der Waals surface area contributed by atoms with Crippen molar-refractivity contribution in [1.82, 2.24) is 19.7 Å².